The van der Waals surface area contributed by atoms with Gasteiger partial charge in [-0.1, -0.05) is 13.3 Å². The lowest BCUT2D eigenvalue weighted by molar-refractivity contribution is 0.730. The van der Waals surface area contributed by atoms with Crippen LogP contribution in [0.25, 0.3) is 0 Å². The summed E-state index contributed by atoms with van der Waals surface area (Å²) in [6.07, 6.45) is 5.12. The van der Waals surface area contributed by atoms with Gasteiger partial charge < -0.3 is 5.32 Å². The van der Waals surface area contributed by atoms with Gasteiger partial charge in [-0.3, -0.25) is 4.79 Å². The number of nitrogens with zero attached hydrogens (tertiary/aromatic N) is 1. The number of aromatic nitrogens is 2. The summed E-state index contributed by atoms with van der Waals surface area (Å²) >= 11 is 0. The first-order valence-corrected chi connectivity index (χ1v) is 5.67. The molecule has 0 fully saturated rings. The maximum absolute atomic E-state index is 11.5. The minimum absolute atomic E-state index is 0.0301. The van der Waals surface area contributed by atoms with Crippen LogP contribution in [0.5, 0.6) is 0 Å². The van der Waals surface area contributed by atoms with Crippen molar-refractivity contribution in [2.75, 3.05) is 11.9 Å². The number of anilines is 1. The standard InChI is InChI=1S/C11H17N3O/c1-2-3-6-9-10-8(5-4-7-12-10)11(15)14-13-9/h12H,2-7H2,1H3,(H,14,15). The molecular weight excluding hydrogens is 190 g/mol. The number of aryl methyl sites for hydroxylation is 1. The highest BCUT2D eigenvalue weighted by Gasteiger charge is 2.16. The molecule has 0 saturated heterocycles. The first kappa shape index (κ1) is 10.2. The lowest BCUT2D eigenvalue weighted by atomic mass is 10.0. The summed E-state index contributed by atoms with van der Waals surface area (Å²) < 4.78 is 0. The number of unbranched alkanes of at least 4 members (excludes halogenated alkanes) is 1. The van der Waals surface area contributed by atoms with Gasteiger partial charge in [-0.25, -0.2) is 5.10 Å². The summed E-state index contributed by atoms with van der Waals surface area (Å²) in [5.74, 6) is 0. The van der Waals surface area contributed by atoms with Crippen molar-refractivity contribution in [2.45, 2.75) is 39.0 Å². The van der Waals surface area contributed by atoms with Gasteiger partial charge >= 0.3 is 0 Å². The molecule has 2 rings (SSSR count). The summed E-state index contributed by atoms with van der Waals surface area (Å²) in [5, 5.41) is 10.0. The third kappa shape index (κ3) is 2.03. The molecule has 0 unspecified atom stereocenters. The average molecular weight is 207 g/mol. The van der Waals surface area contributed by atoms with E-state index >= 15 is 0 Å². The number of hydrogen-bond donors (Lipinski definition) is 2. The first-order chi connectivity index (χ1) is 7.33. The molecule has 0 radical (unpaired) electrons. The predicted octanol–water partition coefficient (Wildman–Crippen LogP) is 1.47. The fourth-order valence-corrected chi connectivity index (χ4v) is 1.98. The molecular formula is C11H17N3O. The topological polar surface area (TPSA) is 57.8 Å². The third-order valence-electron chi connectivity index (χ3n) is 2.83. The average Bonchev–Trinajstić information content (AvgIpc) is 2.29. The zero-order valence-electron chi connectivity index (χ0n) is 9.10. The van der Waals surface area contributed by atoms with Crippen molar-refractivity contribution < 1.29 is 0 Å². The Bertz CT molecular complexity index is 397. The van der Waals surface area contributed by atoms with Gasteiger partial charge in [0.25, 0.3) is 5.56 Å². The second-order valence-electron chi connectivity index (χ2n) is 3.99. The Balaban J connectivity index is 2.35. The molecule has 1 aliphatic heterocycles. The Hall–Kier alpha value is -1.32. The molecule has 1 aliphatic rings. The second kappa shape index (κ2) is 4.47. The summed E-state index contributed by atoms with van der Waals surface area (Å²) in [5.41, 5.74) is 2.88. The molecule has 15 heavy (non-hydrogen) atoms. The van der Waals surface area contributed by atoms with E-state index in [1.807, 2.05) is 0 Å². The Kier molecular flexibility index (Phi) is 3.04. The minimum atomic E-state index is -0.0301. The van der Waals surface area contributed by atoms with Crippen LogP contribution >= 0.6 is 0 Å². The van der Waals surface area contributed by atoms with E-state index in [0.29, 0.717) is 0 Å². The van der Waals surface area contributed by atoms with Gasteiger partial charge in [0, 0.05) is 12.1 Å². The van der Waals surface area contributed by atoms with Gasteiger partial charge in [-0.15, -0.1) is 0 Å². The highest BCUT2D eigenvalue weighted by Crippen LogP contribution is 2.22. The van der Waals surface area contributed by atoms with E-state index in [9.17, 15) is 4.79 Å². The number of nitrogens with one attached hydrogen (secondary N) is 2. The van der Waals surface area contributed by atoms with Crippen LogP contribution in [0.15, 0.2) is 4.79 Å². The van der Waals surface area contributed by atoms with Crippen LogP contribution in [-0.4, -0.2) is 16.7 Å². The van der Waals surface area contributed by atoms with Crippen molar-refractivity contribution in [1.82, 2.24) is 10.2 Å². The maximum Gasteiger partial charge on any atom is 0.269 e. The molecule has 0 atom stereocenters. The van der Waals surface area contributed by atoms with Gasteiger partial charge in [0.05, 0.1) is 11.4 Å². The first-order valence-electron chi connectivity index (χ1n) is 5.67. The van der Waals surface area contributed by atoms with Gasteiger partial charge in [0.1, 0.15) is 0 Å². The highest BCUT2D eigenvalue weighted by molar-refractivity contribution is 5.55. The predicted molar refractivity (Wildman–Crippen MR) is 60.3 cm³/mol. The van der Waals surface area contributed by atoms with Crippen molar-refractivity contribution in [3.8, 4) is 0 Å². The largest absolute Gasteiger partial charge is 0.383 e. The lowest BCUT2D eigenvalue weighted by Gasteiger charge is -2.19. The van der Waals surface area contributed by atoms with Crippen LogP contribution < -0.4 is 10.9 Å². The maximum atomic E-state index is 11.5. The van der Waals surface area contributed by atoms with E-state index in [2.05, 4.69) is 22.4 Å². The minimum Gasteiger partial charge on any atom is -0.383 e. The van der Waals surface area contributed by atoms with Crippen LogP contribution in [-0.2, 0) is 12.8 Å². The van der Waals surface area contributed by atoms with Gasteiger partial charge in [-0.2, -0.15) is 5.10 Å². The van der Waals surface area contributed by atoms with Crippen molar-refractivity contribution in [2.24, 2.45) is 0 Å². The van der Waals surface area contributed by atoms with E-state index in [1.165, 1.54) is 0 Å². The summed E-state index contributed by atoms with van der Waals surface area (Å²) in [6.45, 7) is 3.11. The SMILES string of the molecule is CCCCc1n[nH]c(=O)c2c1NCCC2. The summed E-state index contributed by atoms with van der Waals surface area (Å²) in [4.78, 5) is 11.5. The smallest absolute Gasteiger partial charge is 0.269 e. The fourth-order valence-electron chi connectivity index (χ4n) is 1.98. The zero-order chi connectivity index (χ0) is 10.7. The van der Waals surface area contributed by atoms with Crippen molar-refractivity contribution in [3.05, 3.63) is 21.6 Å². The monoisotopic (exact) mass is 207 g/mol. The molecule has 4 nitrogen and oxygen atoms in total. The highest BCUT2D eigenvalue weighted by atomic mass is 16.1. The molecule has 0 saturated carbocycles. The third-order valence-corrected chi connectivity index (χ3v) is 2.83. The Morgan fingerprint density at radius 3 is 3.13 bits per heavy atom. The number of fused-ring (bicyclic) bond motifs is 1. The molecule has 82 valence electrons. The molecule has 0 aromatic carbocycles. The zero-order valence-corrected chi connectivity index (χ0v) is 9.10. The van der Waals surface area contributed by atoms with E-state index in [1.54, 1.807) is 0 Å². The number of H-pyrrole nitrogens is 1. The van der Waals surface area contributed by atoms with Crippen LogP contribution in [0.3, 0.4) is 0 Å². The van der Waals surface area contributed by atoms with Gasteiger partial charge in [0.15, 0.2) is 0 Å². The molecule has 2 N–H and O–H groups in total. The van der Waals surface area contributed by atoms with Crippen molar-refractivity contribution in [1.29, 1.82) is 0 Å². The Morgan fingerprint density at radius 2 is 2.33 bits per heavy atom. The Labute approximate surface area is 89.1 Å². The van der Waals surface area contributed by atoms with Crippen molar-refractivity contribution in [3.63, 3.8) is 0 Å². The van der Waals surface area contributed by atoms with E-state index in [4.69, 9.17) is 0 Å². The molecule has 1 aromatic heterocycles. The van der Waals surface area contributed by atoms with Crippen LogP contribution in [0.2, 0.25) is 0 Å². The van der Waals surface area contributed by atoms with E-state index in [0.717, 1.165) is 55.6 Å². The molecule has 0 bridgehead atoms. The van der Waals surface area contributed by atoms with Gasteiger partial charge in [0.2, 0.25) is 0 Å². The lowest BCUT2D eigenvalue weighted by Crippen LogP contribution is -2.25. The molecule has 0 spiro atoms. The van der Waals surface area contributed by atoms with Crippen LogP contribution in [0, 0.1) is 0 Å². The summed E-state index contributed by atoms with van der Waals surface area (Å²) in [7, 11) is 0. The second-order valence-corrected chi connectivity index (χ2v) is 3.99. The molecule has 4 heteroatoms. The van der Waals surface area contributed by atoms with Crippen molar-refractivity contribution >= 4 is 5.69 Å². The normalized spacial score (nSPS) is 14.5. The Morgan fingerprint density at radius 1 is 1.47 bits per heavy atom. The molecule has 2 heterocycles. The van der Waals surface area contributed by atoms with E-state index < -0.39 is 0 Å². The summed E-state index contributed by atoms with van der Waals surface area (Å²) in [6, 6.07) is 0. The quantitative estimate of drug-likeness (QED) is 0.789. The number of aromatic amines is 1. The van der Waals surface area contributed by atoms with Crippen LogP contribution in [0.4, 0.5) is 5.69 Å². The molecule has 1 aromatic rings. The fraction of sp³-hybridized carbons (Fsp3) is 0.636. The molecule has 0 aliphatic carbocycles. The number of hydrogen-bond acceptors (Lipinski definition) is 3. The van der Waals surface area contributed by atoms with Crippen LogP contribution in [0.1, 0.15) is 37.4 Å². The van der Waals surface area contributed by atoms with E-state index in [-0.39, 0.29) is 5.56 Å². The van der Waals surface area contributed by atoms with Gasteiger partial charge in [-0.05, 0) is 25.7 Å². The molecule has 0 amide bonds. The number of rotatable bonds is 3.